The third-order valence-corrected chi connectivity index (χ3v) is 16.3. The Labute approximate surface area is 533 Å². The van der Waals surface area contributed by atoms with Crippen LogP contribution >= 0.6 is 0 Å². The quantitative estimate of drug-likeness (QED) is 0.0853. The van der Waals surface area contributed by atoms with Gasteiger partial charge in [-0.25, -0.2) is 0 Å². The first-order chi connectivity index (χ1) is 44.9. The van der Waals surface area contributed by atoms with Gasteiger partial charge in [-0.3, -0.25) is 9.59 Å². The Morgan fingerprint density at radius 2 is 0.681 bits per heavy atom. The molecule has 0 heterocycles. The average Bonchev–Trinajstić information content (AvgIpc) is 1.64. The maximum absolute atomic E-state index is 15.5. The Bertz CT molecular complexity index is 4860. The largest absolute Gasteiger partial charge is 0.457 e. The Kier molecular flexibility index (Phi) is 17.1. The molecule has 0 unspecified atom stereocenters. The maximum atomic E-state index is 15.5. The van der Waals surface area contributed by atoms with Crippen LogP contribution in [0.1, 0.15) is 92.9 Å². The van der Waals surface area contributed by atoms with Gasteiger partial charge in [0.25, 0.3) is 0 Å². The number of rotatable bonds is 13. The first kappa shape index (κ1) is 58.0. The highest BCUT2D eigenvalue weighted by Crippen LogP contribution is 2.52. The zero-order valence-electron chi connectivity index (χ0n) is 50.3. The summed E-state index contributed by atoms with van der Waals surface area (Å²) in [5.41, 5.74) is 20.3. The predicted molar refractivity (Wildman–Crippen MR) is 375 cm³/mol. The zero-order valence-corrected chi connectivity index (χ0v) is 50.3. The predicted octanol–water partition coefficient (Wildman–Crippen LogP) is 20.1. The standard InChI is InChI=1S/C88H60O3/c1-3-20-61(4-2)31-32-64-37-43-71(44-38-64)79-82(86(88(90)83(79)69-27-16-8-17-28-69)76-51-49-68(50-52-76)67-25-14-7-15-26-67)74-55-59-78(60-56-74)91-77-57-53-73(54-58-77)81-80(72-45-39-65(40-46-72)35-33-62-21-10-5-11-22-62)85(87(89)84(81)70-29-18-9-19-30-70)75-47-41-66(42-48-75)36-34-63-23-12-6-13-24-63/h4-8,10-18,20-30,37-60H,2-3,9,19H2,1H3/b61-20+. The van der Waals surface area contributed by atoms with E-state index in [0.717, 1.165) is 131 Å². The summed E-state index contributed by atoms with van der Waals surface area (Å²) in [5, 5.41) is 0. The summed E-state index contributed by atoms with van der Waals surface area (Å²) in [6.45, 7) is 6.04. The number of benzene rings is 10. The van der Waals surface area contributed by atoms with Gasteiger partial charge in [0.2, 0.25) is 0 Å². The summed E-state index contributed by atoms with van der Waals surface area (Å²) in [7, 11) is 0. The summed E-state index contributed by atoms with van der Waals surface area (Å²) in [5.74, 6) is 20.9. The van der Waals surface area contributed by atoms with E-state index >= 15 is 9.59 Å². The smallest absolute Gasteiger partial charge is 0.195 e. The second kappa shape index (κ2) is 26.9. The van der Waals surface area contributed by atoms with Crippen LogP contribution in [0.3, 0.4) is 0 Å². The van der Waals surface area contributed by atoms with Gasteiger partial charge < -0.3 is 4.74 Å². The number of ketones is 2. The first-order valence-corrected chi connectivity index (χ1v) is 30.7. The molecule has 0 radical (unpaired) electrons. The monoisotopic (exact) mass is 1160 g/mol. The van der Waals surface area contributed by atoms with Gasteiger partial charge in [-0.15, -0.1) is 0 Å². The molecule has 3 nitrogen and oxygen atoms in total. The molecule has 13 rings (SSSR count). The first-order valence-electron chi connectivity index (χ1n) is 30.7. The minimum Gasteiger partial charge on any atom is -0.457 e. The van der Waals surface area contributed by atoms with E-state index in [0.29, 0.717) is 33.8 Å². The van der Waals surface area contributed by atoms with Crippen LogP contribution in [0.25, 0.3) is 50.1 Å². The topological polar surface area (TPSA) is 43.4 Å². The minimum absolute atomic E-state index is 0.0382. The molecule has 10 aromatic rings. The zero-order chi connectivity index (χ0) is 61.9. The molecule has 0 amide bonds. The fraction of sp³-hybridized carbons (Fsp3) is 0.0455. The number of hydrogen-bond donors (Lipinski definition) is 0. The van der Waals surface area contributed by atoms with Gasteiger partial charge in [0.05, 0.1) is 0 Å². The second-order valence-electron chi connectivity index (χ2n) is 22.2. The van der Waals surface area contributed by atoms with Crippen LogP contribution in [0.2, 0.25) is 0 Å². The van der Waals surface area contributed by atoms with E-state index in [4.69, 9.17) is 4.74 Å². The van der Waals surface area contributed by atoms with Crippen LogP contribution in [0, 0.1) is 35.5 Å². The van der Waals surface area contributed by atoms with Crippen molar-refractivity contribution in [3.63, 3.8) is 0 Å². The molecule has 0 fully saturated rings. The van der Waals surface area contributed by atoms with E-state index in [1.165, 1.54) is 0 Å². The lowest BCUT2D eigenvalue weighted by molar-refractivity contribution is -0.110. The van der Waals surface area contributed by atoms with Crippen LogP contribution in [0.15, 0.2) is 321 Å². The Morgan fingerprint density at radius 3 is 1.09 bits per heavy atom. The van der Waals surface area contributed by atoms with Gasteiger partial charge in [-0.2, -0.15) is 0 Å². The fourth-order valence-corrected chi connectivity index (χ4v) is 11.9. The lowest BCUT2D eigenvalue weighted by Crippen LogP contribution is -2.05. The van der Waals surface area contributed by atoms with Crippen molar-refractivity contribution in [2.24, 2.45) is 0 Å². The third kappa shape index (κ3) is 12.7. The van der Waals surface area contributed by atoms with Crippen molar-refractivity contribution in [2.45, 2.75) is 26.2 Å². The van der Waals surface area contributed by atoms with Gasteiger partial charge in [-0.05, 0) is 160 Å². The summed E-state index contributed by atoms with van der Waals surface area (Å²) in [6.07, 6.45) is 12.9. The third-order valence-electron chi connectivity index (χ3n) is 16.3. The highest BCUT2D eigenvalue weighted by molar-refractivity contribution is 6.59. The lowest BCUT2D eigenvalue weighted by atomic mass is 9.88. The normalized spacial score (nSPS) is 13.7. The van der Waals surface area contributed by atoms with E-state index in [1.54, 1.807) is 6.08 Å². The molecule has 3 aliphatic rings. The molecule has 3 aliphatic carbocycles. The molecular formula is C88H60O3. The van der Waals surface area contributed by atoms with E-state index in [9.17, 15) is 0 Å². The number of carbonyl (C=O) groups is 2. The van der Waals surface area contributed by atoms with Gasteiger partial charge in [0, 0.05) is 78.0 Å². The molecule has 91 heavy (non-hydrogen) atoms. The Morgan fingerprint density at radius 1 is 0.363 bits per heavy atom. The van der Waals surface area contributed by atoms with Gasteiger partial charge >= 0.3 is 0 Å². The Balaban J connectivity index is 0.873. The van der Waals surface area contributed by atoms with Crippen molar-refractivity contribution in [2.75, 3.05) is 0 Å². The van der Waals surface area contributed by atoms with E-state index < -0.39 is 0 Å². The minimum atomic E-state index is -0.0520. The SMILES string of the molecule is C=C/C(C#Cc1ccc(C2=C(c3ccccc3)C(=O)C(c3ccc(-c4ccccc4)cc3)=C2c2ccc(Oc3ccc(C4=C(C5=CCCC=C5)C(=O)C(c5ccc(C#Cc6ccccc6)cc5)=C4c4ccc(C#Cc5ccccc5)cc4)cc3)cc2)cc1)=C\CC. The van der Waals surface area contributed by atoms with Gasteiger partial charge in [0.1, 0.15) is 11.5 Å². The molecular weight excluding hydrogens is 1100 g/mol. The highest BCUT2D eigenvalue weighted by Gasteiger charge is 2.37. The van der Waals surface area contributed by atoms with Crippen LogP contribution in [-0.4, -0.2) is 11.6 Å². The van der Waals surface area contributed by atoms with Gasteiger partial charge in [0.15, 0.2) is 11.6 Å². The maximum Gasteiger partial charge on any atom is 0.195 e. The Hall–Kier alpha value is -12.1. The molecule has 430 valence electrons. The number of carbonyl (C=O) groups excluding carboxylic acids is 2. The summed E-state index contributed by atoms with van der Waals surface area (Å²) < 4.78 is 6.71. The number of hydrogen-bond acceptors (Lipinski definition) is 3. The van der Waals surface area contributed by atoms with Crippen molar-refractivity contribution < 1.29 is 14.3 Å². The molecule has 10 aromatic carbocycles. The molecule has 0 aromatic heterocycles. The summed E-state index contributed by atoms with van der Waals surface area (Å²) in [4.78, 5) is 30.9. The fourth-order valence-electron chi connectivity index (χ4n) is 11.9. The molecule has 0 atom stereocenters. The van der Waals surface area contributed by atoms with Gasteiger partial charge in [-0.1, -0.05) is 261 Å². The molecule has 0 bridgehead atoms. The number of allylic oxidation sites excluding steroid dienone is 15. The molecule has 0 N–H and O–H groups in total. The second-order valence-corrected chi connectivity index (χ2v) is 22.2. The van der Waals surface area contributed by atoms with Crippen molar-refractivity contribution in [3.05, 3.63) is 387 Å². The van der Waals surface area contributed by atoms with E-state index in [-0.39, 0.29) is 11.6 Å². The lowest BCUT2D eigenvalue weighted by Gasteiger charge is -2.16. The van der Waals surface area contributed by atoms with Crippen LogP contribution in [0.5, 0.6) is 11.5 Å². The summed E-state index contributed by atoms with van der Waals surface area (Å²) in [6, 6.07) is 88.9. The molecule has 0 saturated heterocycles. The van der Waals surface area contributed by atoms with E-state index in [1.807, 2.05) is 206 Å². The highest BCUT2D eigenvalue weighted by atomic mass is 16.5. The molecule has 0 saturated carbocycles. The molecule has 0 aliphatic heterocycles. The number of ether oxygens (including phenoxy) is 1. The van der Waals surface area contributed by atoms with Crippen molar-refractivity contribution in [3.8, 4) is 58.1 Å². The molecule has 3 heteroatoms. The van der Waals surface area contributed by atoms with Crippen LogP contribution in [0.4, 0.5) is 0 Å². The van der Waals surface area contributed by atoms with Crippen molar-refractivity contribution in [1.82, 2.24) is 0 Å². The summed E-state index contributed by atoms with van der Waals surface area (Å²) >= 11 is 0. The van der Waals surface area contributed by atoms with Crippen LogP contribution < -0.4 is 4.74 Å². The molecule has 0 spiro atoms. The average molecular weight is 1170 g/mol. The van der Waals surface area contributed by atoms with Crippen LogP contribution in [-0.2, 0) is 9.59 Å². The van der Waals surface area contributed by atoms with E-state index in [2.05, 4.69) is 134 Å². The van der Waals surface area contributed by atoms with Crippen molar-refractivity contribution in [1.29, 1.82) is 0 Å². The number of Topliss-reactive ketones (excluding diaryl/α,β-unsaturated/α-hetero) is 2. The van der Waals surface area contributed by atoms with Crippen molar-refractivity contribution >= 4 is 50.6 Å².